The number of Topliss-reactive ketones (excluding diaryl/α,β-unsaturated/α-hetero) is 1. The van der Waals surface area contributed by atoms with Crippen molar-refractivity contribution >= 4 is 5.78 Å². The molecule has 0 aromatic heterocycles. The number of hydrogen-bond acceptors (Lipinski definition) is 1. The molecule has 0 saturated heterocycles. The third kappa shape index (κ3) is 4.88. The zero-order chi connectivity index (χ0) is 8.58. The Morgan fingerprint density at radius 1 is 0.833 bits per heavy atom. The fourth-order valence-corrected chi connectivity index (χ4v) is 0.161. The maximum Gasteiger partial charge on any atom is 0.459 e. The Balaban J connectivity index is -0.000000405. The molecule has 0 aromatic carbocycles. The molecular weight excluding hydrogens is 201 g/mol. The highest BCUT2D eigenvalue weighted by Gasteiger charge is 2.55. The number of hydrogen-bond donors (Lipinski definition) is 0. The average molecular weight is 204 g/mol. The summed E-state index contributed by atoms with van der Waals surface area (Å²) in [7, 11) is 0. The van der Waals surface area contributed by atoms with E-state index in [2.05, 4.69) is 0 Å². The van der Waals surface area contributed by atoms with Crippen molar-refractivity contribution < 1.29 is 41.3 Å². The van der Waals surface area contributed by atoms with Gasteiger partial charge in [-0.1, -0.05) is 0 Å². The van der Waals surface area contributed by atoms with E-state index in [0.717, 1.165) is 0 Å². The monoisotopic (exact) mass is 204 g/mol. The quantitative estimate of drug-likeness (QED) is 0.543. The summed E-state index contributed by atoms with van der Waals surface area (Å²) in [6, 6.07) is 0. The SMILES string of the molecule is F.O.O=C(C(F)(F)F)C(F)(F)F. The van der Waals surface area contributed by atoms with Gasteiger partial charge in [0.15, 0.2) is 0 Å². The topological polar surface area (TPSA) is 48.6 Å². The highest BCUT2D eigenvalue weighted by Crippen LogP contribution is 2.28. The van der Waals surface area contributed by atoms with Crippen LogP contribution in [-0.2, 0) is 4.79 Å². The van der Waals surface area contributed by atoms with E-state index < -0.39 is 18.1 Å². The fourth-order valence-electron chi connectivity index (χ4n) is 0.161. The Morgan fingerprint density at radius 2 is 1.00 bits per heavy atom. The normalized spacial score (nSPS) is 11.2. The number of carbonyl (C=O) groups is 1. The zero-order valence-corrected chi connectivity index (χ0v) is 5.08. The van der Waals surface area contributed by atoms with Gasteiger partial charge in [0.1, 0.15) is 0 Å². The molecule has 0 spiro atoms. The smallest absolute Gasteiger partial charge is 0.412 e. The van der Waals surface area contributed by atoms with Gasteiger partial charge < -0.3 is 5.48 Å². The van der Waals surface area contributed by atoms with E-state index in [1.807, 2.05) is 0 Å². The molecule has 0 amide bonds. The van der Waals surface area contributed by atoms with Crippen LogP contribution in [0.15, 0.2) is 0 Å². The van der Waals surface area contributed by atoms with Gasteiger partial charge in [0.2, 0.25) is 0 Å². The van der Waals surface area contributed by atoms with Crippen molar-refractivity contribution in [1.82, 2.24) is 0 Å². The molecule has 9 heteroatoms. The van der Waals surface area contributed by atoms with E-state index in [0.29, 0.717) is 0 Å². The molecule has 0 heterocycles. The van der Waals surface area contributed by atoms with Crippen LogP contribution in [0, 0.1) is 0 Å². The van der Waals surface area contributed by atoms with Crippen molar-refractivity contribution in [2.75, 3.05) is 0 Å². The first kappa shape index (κ1) is 17.3. The number of halogens is 7. The largest absolute Gasteiger partial charge is 0.459 e. The molecule has 0 aromatic rings. The van der Waals surface area contributed by atoms with E-state index in [1.54, 1.807) is 0 Å². The fraction of sp³-hybridized carbons (Fsp3) is 0.667. The molecule has 0 radical (unpaired) electrons. The molecule has 0 aliphatic heterocycles. The molecule has 0 saturated carbocycles. The standard InChI is InChI=1S/C3F6O.FH.H2O/c4-2(5,6)1(10)3(7,8)9;;/h;1H;1H2. The second-order valence-electron chi connectivity index (χ2n) is 1.32. The molecule has 2 nitrogen and oxygen atoms in total. The van der Waals surface area contributed by atoms with Gasteiger partial charge in [-0.2, -0.15) is 26.3 Å². The van der Waals surface area contributed by atoms with Crippen LogP contribution in [0.25, 0.3) is 0 Å². The minimum absolute atomic E-state index is 0. The number of rotatable bonds is 0. The van der Waals surface area contributed by atoms with Crippen molar-refractivity contribution in [2.45, 2.75) is 12.4 Å². The minimum Gasteiger partial charge on any atom is -0.412 e. The summed E-state index contributed by atoms with van der Waals surface area (Å²) >= 11 is 0. The lowest BCUT2D eigenvalue weighted by atomic mass is 10.4. The van der Waals surface area contributed by atoms with Crippen LogP contribution in [0.3, 0.4) is 0 Å². The van der Waals surface area contributed by atoms with E-state index in [9.17, 15) is 31.1 Å². The van der Waals surface area contributed by atoms with Crippen LogP contribution in [0.2, 0.25) is 0 Å². The Hall–Kier alpha value is -0.860. The minimum atomic E-state index is -5.82. The predicted molar refractivity (Wildman–Crippen MR) is 23.2 cm³/mol. The van der Waals surface area contributed by atoms with E-state index in [-0.39, 0.29) is 10.2 Å². The Bertz CT molecular complexity index is 128. The van der Waals surface area contributed by atoms with Crippen LogP contribution in [0.5, 0.6) is 0 Å². The molecule has 0 bridgehead atoms. The van der Waals surface area contributed by atoms with Gasteiger partial charge in [-0.15, -0.1) is 0 Å². The molecule has 76 valence electrons. The van der Waals surface area contributed by atoms with Gasteiger partial charge in [0, 0.05) is 0 Å². The maximum atomic E-state index is 10.9. The third-order valence-corrected chi connectivity index (χ3v) is 0.515. The number of alkyl halides is 6. The van der Waals surface area contributed by atoms with Gasteiger partial charge in [-0.05, 0) is 0 Å². The summed E-state index contributed by atoms with van der Waals surface area (Å²) in [6.07, 6.45) is -11.6. The van der Waals surface area contributed by atoms with Crippen molar-refractivity contribution in [3.63, 3.8) is 0 Å². The molecule has 0 aliphatic carbocycles. The lowest BCUT2D eigenvalue weighted by molar-refractivity contribution is -0.217. The summed E-state index contributed by atoms with van der Waals surface area (Å²) in [5.41, 5.74) is 0. The van der Waals surface area contributed by atoms with E-state index >= 15 is 0 Å². The van der Waals surface area contributed by atoms with Crippen LogP contribution in [-0.4, -0.2) is 23.6 Å². The highest BCUT2D eigenvalue weighted by molar-refractivity contribution is 5.89. The first-order valence-corrected chi connectivity index (χ1v) is 1.84. The van der Waals surface area contributed by atoms with Gasteiger partial charge in [0.25, 0.3) is 0 Å². The molecule has 0 aliphatic rings. The first-order chi connectivity index (χ1) is 4.15. The molecule has 0 atom stereocenters. The second kappa shape index (κ2) is 4.24. The van der Waals surface area contributed by atoms with E-state index in [1.165, 1.54) is 0 Å². The van der Waals surface area contributed by atoms with Crippen molar-refractivity contribution in [2.24, 2.45) is 0 Å². The second-order valence-corrected chi connectivity index (χ2v) is 1.32. The lowest BCUT2D eigenvalue weighted by Gasteiger charge is -2.06. The van der Waals surface area contributed by atoms with Crippen molar-refractivity contribution in [3.8, 4) is 0 Å². The molecule has 2 N–H and O–H groups in total. The molecule has 0 unspecified atom stereocenters. The Morgan fingerprint density at radius 3 is 1.00 bits per heavy atom. The van der Waals surface area contributed by atoms with Crippen LogP contribution < -0.4 is 0 Å². The van der Waals surface area contributed by atoms with Gasteiger partial charge in [-0.3, -0.25) is 9.50 Å². The maximum absolute atomic E-state index is 10.9. The molecule has 0 rings (SSSR count). The van der Waals surface area contributed by atoms with Gasteiger partial charge in [-0.25, -0.2) is 0 Å². The molecule has 12 heavy (non-hydrogen) atoms. The molecule has 0 fully saturated rings. The number of carbonyl (C=O) groups excluding carboxylic acids is 1. The van der Waals surface area contributed by atoms with E-state index in [4.69, 9.17) is 0 Å². The Labute approximate surface area is 60.8 Å². The summed E-state index contributed by atoms with van der Waals surface area (Å²) in [6.45, 7) is 0. The highest BCUT2D eigenvalue weighted by atomic mass is 19.4. The summed E-state index contributed by atoms with van der Waals surface area (Å²) in [5, 5.41) is 0. The van der Waals surface area contributed by atoms with Gasteiger partial charge >= 0.3 is 18.1 Å². The third-order valence-electron chi connectivity index (χ3n) is 0.515. The predicted octanol–water partition coefficient (Wildman–Crippen LogP) is 1.01. The van der Waals surface area contributed by atoms with Crippen LogP contribution in [0.4, 0.5) is 31.0 Å². The van der Waals surface area contributed by atoms with Crippen LogP contribution >= 0.6 is 0 Å². The number of ketones is 1. The summed E-state index contributed by atoms with van der Waals surface area (Å²) < 4.78 is 65.3. The van der Waals surface area contributed by atoms with Gasteiger partial charge in [0.05, 0.1) is 0 Å². The summed E-state index contributed by atoms with van der Waals surface area (Å²) in [4.78, 5) is 9.24. The Kier molecular flexibility index (Phi) is 6.10. The first-order valence-electron chi connectivity index (χ1n) is 1.84. The summed E-state index contributed by atoms with van der Waals surface area (Å²) in [5.74, 6) is -3.68. The van der Waals surface area contributed by atoms with Crippen molar-refractivity contribution in [3.05, 3.63) is 0 Å². The van der Waals surface area contributed by atoms with Crippen LogP contribution in [0.1, 0.15) is 0 Å². The molecular formula is C3H3F7O2. The lowest BCUT2D eigenvalue weighted by Crippen LogP contribution is -2.36. The zero-order valence-electron chi connectivity index (χ0n) is 5.08. The van der Waals surface area contributed by atoms with Crippen molar-refractivity contribution in [1.29, 1.82) is 0 Å². The average Bonchev–Trinajstić information content (AvgIpc) is 1.59.